The predicted octanol–water partition coefficient (Wildman–Crippen LogP) is 2.17. The Morgan fingerprint density at radius 2 is 2.12 bits per heavy atom. The van der Waals surface area contributed by atoms with Crippen LogP contribution in [0.2, 0.25) is 0 Å². The minimum Gasteiger partial charge on any atom is -0.352 e. The van der Waals surface area contributed by atoms with E-state index in [4.69, 9.17) is 0 Å². The molecule has 0 spiro atoms. The fourth-order valence-electron chi connectivity index (χ4n) is 2.38. The molecule has 2 N–H and O–H groups in total. The molecule has 1 amide bonds. The molecule has 1 saturated carbocycles. The highest BCUT2D eigenvalue weighted by molar-refractivity contribution is 7.99. The van der Waals surface area contributed by atoms with Crippen LogP contribution in [0.25, 0.3) is 0 Å². The Morgan fingerprint density at radius 1 is 1.35 bits per heavy atom. The molecule has 0 aromatic rings. The third kappa shape index (κ3) is 5.77. The van der Waals surface area contributed by atoms with Gasteiger partial charge in [0.25, 0.3) is 0 Å². The van der Waals surface area contributed by atoms with Gasteiger partial charge in [-0.25, -0.2) is 0 Å². The standard InChI is InChI=1S/C13H26N2OS/c1-3-17-12-8-5-4-7-11(12)15-13(16)9-6-10-14-2/h11-12,14H,3-10H2,1-2H3,(H,15,16). The highest BCUT2D eigenvalue weighted by atomic mass is 32.2. The zero-order valence-electron chi connectivity index (χ0n) is 11.1. The number of carbonyl (C=O) groups excluding carboxylic acids is 1. The number of amides is 1. The molecule has 0 heterocycles. The third-order valence-electron chi connectivity index (χ3n) is 3.26. The Labute approximate surface area is 109 Å². The minimum absolute atomic E-state index is 0.230. The van der Waals surface area contributed by atoms with Crippen molar-refractivity contribution in [3.05, 3.63) is 0 Å². The molecule has 1 fully saturated rings. The van der Waals surface area contributed by atoms with Gasteiger partial charge in [0.2, 0.25) is 5.91 Å². The van der Waals surface area contributed by atoms with E-state index in [2.05, 4.69) is 17.6 Å². The van der Waals surface area contributed by atoms with Crippen LogP contribution in [0.15, 0.2) is 0 Å². The summed E-state index contributed by atoms with van der Waals surface area (Å²) in [6, 6.07) is 0.413. The zero-order valence-corrected chi connectivity index (χ0v) is 11.9. The lowest BCUT2D eigenvalue weighted by atomic mass is 9.94. The second-order valence-corrected chi connectivity index (χ2v) is 6.18. The van der Waals surface area contributed by atoms with Crippen molar-refractivity contribution in [3.63, 3.8) is 0 Å². The van der Waals surface area contributed by atoms with Crippen molar-refractivity contribution >= 4 is 17.7 Å². The average molecular weight is 258 g/mol. The molecular formula is C13H26N2OS. The van der Waals surface area contributed by atoms with Crippen molar-refractivity contribution in [2.75, 3.05) is 19.3 Å². The van der Waals surface area contributed by atoms with Crippen LogP contribution >= 0.6 is 11.8 Å². The second-order valence-electron chi connectivity index (χ2n) is 4.66. The molecule has 2 unspecified atom stereocenters. The molecule has 4 heteroatoms. The molecule has 0 aromatic heterocycles. The fourth-order valence-corrected chi connectivity index (χ4v) is 3.58. The van der Waals surface area contributed by atoms with Crippen LogP contribution in [-0.2, 0) is 4.79 Å². The molecule has 0 radical (unpaired) electrons. The number of carbonyl (C=O) groups is 1. The van der Waals surface area contributed by atoms with Crippen LogP contribution in [0.5, 0.6) is 0 Å². The van der Waals surface area contributed by atoms with Crippen molar-refractivity contribution in [2.45, 2.75) is 56.7 Å². The van der Waals surface area contributed by atoms with Crippen LogP contribution in [0, 0.1) is 0 Å². The Kier molecular flexibility index (Phi) is 7.69. The molecule has 2 atom stereocenters. The Morgan fingerprint density at radius 3 is 2.82 bits per heavy atom. The Hall–Kier alpha value is -0.220. The fraction of sp³-hybridized carbons (Fsp3) is 0.923. The van der Waals surface area contributed by atoms with Gasteiger partial charge in [-0.2, -0.15) is 11.8 Å². The summed E-state index contributed by atoms with van der Waals surface area (Å²) in [5, 5.41) is 6.94. The number of hydrogen-bond donors (Lipinski definition) is 2. The molecule has 1 rings (SSSR count). The Balaban J connectivity index is 2.28. The molecule has 100 valence electrons. The summed E-state index contributed by atoms with van der Waals surface area (Å²) in [5.74, 6) is 1.38. The van der Waals surface area contributed by atoms with Crippen molar-refractivity contribution in [3.8, 4) is 0 Å². The van der Waals surface area contributed by atoms with Crippen LogP contribution in [-0.4, -0.2) is 36.5 Å². The highest BCUT2D eigenvalue weighted by Gasteiger charge is 2.25. The lowest BCUT2D eigenvalue weighted by Gasteiger charge is -2.31. The summed E-state index contributed by atoms with van der Waals surface area (Å²) in [7, 11) is 1.92. The number of rotatable bonds is 7. The van der Waals surface area contributed by atoms with Gasteiger partial charge in [0.1, 0.15) is 0 Å². The van der Waals surface area contributed by atoms with Crippen molar-refractivity contribution in [2.24, 2.45) is 0 Å². The van der Waals surface area contributed by atoms with Crippen molar-refractivity contribution in [1.82, 2.24) is 10.6 Å². The largest absolute Gasteiger partial charge is 0.352 e. The predicted molar refractivity (Wildman–Crippen MR) is 75.5 cm³/mol. The summed E-state index contributed by atoms with van der Waals surface area (Å²) in [4.78, 5) is 11.8. The van der Waals surface area contributed by atoms with Gasteiger partial charge < -0.3 is 10.6 Å². The summed E-state index contributed by atoms with van der Waals surface area (Å²) < 4.78 is 0. The van der Waals surface area contributed by atoms with Crippen LogP contribution < -0.4 is 10.6 Å². The SMILES string of the molecule is CCSC1CCCCC1NC(=O)CCCNC. The summed E-state index contributed by atoms with van der Waals surface area (Å²) in [6.45, 7) is 3.12. The molecule has 0 bridgehead atoms. The first-order valence-electron chi connectivity index (χ1n) is 6.83. The molecule has 1 aliphatic carbocycles. The second kappa shape index (κ2) is 8.81. The van der Waals surface area contributed by atoms with E-state index in [0.29, 0.717) is 17.7 Å². The topological polar surface area (TPSA) is 41.1 Å². The van der Waals surface area contributed by atoms with Gasteiger partial charge in [-0.3, -0.25) is 4.79 Å². The highest BCUT2D eigenvalue weighted by Crippen LogP contribution is 2.28. The molecule has 1 aliphatic rings. The van der Waals surface area contributed by atoms with Crippen LogP contribution in [0.3, 0.4) is 0 Å². The van der Waals surface area contributed by atoms with E-state index >= 15 is 0 Å². The Bertz CT molecular complexity index is 221. The van der Waals surface area contributed by atoms with Crippen LogP contribution in [0.1, 0.15) is 45.4 Å². The molecular weight excluding hydrogens is 232 g/mol. The summed E-state index contributed by atoms with van der Waals surface area (Å²) in [5.41, 5.74) is 0. The third-order valence-corrected chi connectivity index (χ3v) is 4.59. The van der Waals surface area contributed by atoms with E-state index in [-0.39, 0.29) is 5.91 Å². The smallest absolute Gasteiger partial charge is 0.220 e. The van der Waals surface area contributed by atoms with Gasteiger partial charge in [0, 0.05) is 17.7 Å². The maximum atomic E-state index is 11.8. The van der Waals surface area contributed by atoms with Gasteiger partial charge in [-0.15, -0.1) is 0 Å². The van der Waals surface area contributed by atoms with Gasteiger partial charge in [0.15, 0.2) is 0 Å². The van der Waals surface area contributed by atoms with Gasteiger partial charge in [-0.1, -0.05) is 19.8 Å². The minimum atomic E-state index is 0.230. The monoisotopic (exact) mass is 258 g/mol. The number of hydrogen-bond acceptors (Lipinski definition) is 3. The van der Waals surface area contributed by atoms with Crippen molar-refractivity contribution < 1.29 is 4.79 Å². The van der Waals surface area contributed by atoms with E-state index in [9.17, 15) is 4.79 Å². The van der Waals surface area contributed by atoms with E-state index in [1.165, 1.54) is 19.3 Å². The molecule has 0 saturated heterocycles. The first-order valence-corrected chi connectivity index (χ1v) is 7.88. The zero-order chi connectivity index (χ0) is 12.5. The van der Waals surface area contributed by atoms with Gasteiger partial charge in [0.05, 0.1) is 0 Å². The summed E-state index contributed by atoms with van der Waals surface area (Å²) in [6.07, 6.45) is 6.60. The van der Waals surface area contributed by atoms with Crippen molar-refractivity contribution in [1.29, 1.82) is 0 Å². The number of nitrogens with one attached hydrogen (secondary N) is 2. The van der Waals surface area contributed by atoms with E-state index in [1.807, 2.05) is 18.8 Å². The van der Waals surface area contributed by atoms with E-state index in [0.717, 1.165) is 25.1 Å². The molecule has 0 aromatic carbocycles. The van der Waals surface area contributed by atoms with Crippen LogP contribution in [0.4, 0.5) is 0 Å². The first kappa shape index (κ1) is 14.8. The maximum Gasteiger partial charge on any atom is 0.220 e. The molecule has 17 heavy (non-hydrogen) atoms. The van der Waals surface area contributed by atoms with Gasteiger partial charge in [-0.05, 0) is 38.6 Å². The van der Waals surface area contributed by atoms with Gasteiger partial charge >= 0.3 is 0 Å². The quantitative estimate of drug-likeness (QED) is 0.688. The average Bonchev–Trinajstić information content (AvgIpc) is 2.32. The van der Waals surface area contributed by atoms with E-state index in [1.54, 1.807) is 0 Å². The molecule has 3 nitrogen and oxygen atoms in total. The normalized spacial score (nSPS) is 24.6. The lowest BCUT2D eigenvalue weighted by molar-refractivity contribution is -0.122. The first-order chi connectivity index (χ1) is 8.27. The molecule has 0 aliphatic heterocycles. The number of thioether (sulfide) groups is 1. The van der Waals surface area contributed by atoms with E-state index < -0.39 is 0 Å². The maximum absolute atomic E-state index is 11.8. The lowest BCUT2D eigenvalue weighted by Crippen LogP contribution is -2.43. The summed E-state index contributed by atoms with van der Waals surface area (Å²) >= 11 is 2.00.